The van der Waals surface area contributed by atoms with E-state index in [0.717, 1.165) is 0 Å². The van der Waals surface area contributed by atoms with Gasteiger partial charge >= 0.3 is 0 Å². The topological polar surface area (TPSA) is 67.4 Å². The molecule has 2 N–H and O–H groups in total. The lowest BCUT2D eigenvalue weighted by Crippen LogP contribution is -2.39. The Hall–Kier alpha value is -1.56. The van der Waals surface area contributed by atoms with E-state index in [-0.39, 0.29) is 24.4 Å². The van der Waals surface area contributed by atoms with Crippen LogP contribution in [0.2, 0.25) is 0 Å². The van der Waals surface area contributed by atoms with Gasteiger partial charge in [0.1, 0.15) is 11.3 Å². The Kier molecular flexibility index (Phi) is 6.35. The van der Waals surface area contributed by atoms with E-state index < -0.39 is 0 Å². The largest absolute Gasteiger partial charge is 0.482 e. The Labute approximate surface area is 120 Å². The molecule has 1 aromatic rings. The third kappa shape index (κ3) is 5.30. The van der Waals surface area contributed by atoms with Crippen molar-refractivity contribution in [3.05, 3.63) is 29.8 Å². The van der Waals surface area contributed by atoms with E-state index in [4.69, 9.17) is 4.74 Å². The van der Waals surface area contributed by atoms with Crippen molar-refractivity contribution in [1.29, 1.82) is 0 Å². The number of halogens is 1. The average molecular weight is 329 g/mol. The van der Waals surface area contributed by atoms with Gasteiger partial charge in [0.2, 0.25) is 5.91 Å². The Balaban J connectivity index is 2.61. The highest BCUT2D eigenvalue weighted by Crippen LogP contribution is 2.18. The zero-order chi connectivity index (χ0) is 14.3. The van der Waals surface area contributed by atoms with Crippen molar-refractivity contribution in [2.45, 2.75) is 19.9 Å². The van der Waals surface area contributed by atoms with Crippen LogP contribution in [0.15, 0.2) is 24.3 Å². The summed E-state index contributed by atoms with van der Waals surface area (Å²) in [7, 11) is 0. The van der Waals surface area contributed by atoms with Gasteiger partial charge in [-0.25, -0.2) is 0 Å². The quantitative estimate of drug-likeness (QED) is 0.780. The van der Waals surface area contributed by atoms with Gasteiger partial charge in [0, 0.05) is 6.04 Å². The first-order chi connectivity index (χ1) is 9.04. The van der Waals surface area contributed by atoms with Gasteiger partial charge < -0.3 is 15.4 Å². The molecule has 0 saturated heterocycles. The molecular formula is C13H17BrN2O3. The Bertz CT molecular complexity index is 449. The van der Waals surface area contributed by atoms with Gasteiger partial charge in [-0.1, -0.05) is 12.1 Å². The molecule has 0 bridgehead atoms. The Morgan fingerprint density at radius 3 is 2.63 bits per heavy atom. The normalized spacial score (nSPS) is 10.1. The number of carbonyl (C=O) groups excluding carboxylic acids is 2. The van der Waals surface area contributed by atoms with Crippen molar-refractivity contribution in [1.82, 2.24) is 10.6 Å². The van der Waals surface area contributed by atoms with Gasteiger partial charge in [-0.3, -0.25) is 9.59 Å². The van der Waals surface area contributed by atoms with E-state index in [0.29, 0.717) is 16.8 Å². The Morgan fingerprint density at radius 2 is 2.00 bits per heavy atom. The van der Waals surface area contributed by atoms with Crippen molar-refractivity contribution in [3.8, 4) is 5.75 Å². The maximum Gasteiger partial charge on any atom is 0.255 e. The monoisotopic (exact) mass is 328 g/mol. The molecule has 5 nitrogen and oxygen atoms in total. The number of ether oxygens (including phenoxy) is 1. The van der Waals surface area contributed by atoms with Gasteiger partial charge in [0.05, 0.1) is 12.1 Å². The molecule has 104 valence electrons. The van der Waals surface area contributed by atoms with Gasteiger partial charge in [-0.15, -0.1) is 0 Å². The van der Waals surface area contributed by atoms with Crippen molar-refractivity contribution >= 4 is 27.7 Å². The second-order valence-electron chi connectivity index (χ2n) is 4.15. The second kappa shape index (κ2) is 7.78. The predicted octanol–water partition coefficient (Wildman–Crippen LogP) is 1.67. The van der Waals surface area contributed by atoms with Crippen LogP contribution in [0.25, 0.3) is 0 Å². The summed E-state index contributed by atoms with van der Waals surface area (Å²) < 4.78 is 5.28. The van der Waals surface area contributed by atoms with Crippen LogP contribution in [-0.4, -0.2) is 29.9 Å². The molecule has 1 rings (SSSR count). The molecule has 0 aliphatic rings. The van der Waals surface area contributed by atoms with Crippen molar-refractivity contribution in [3.63, 3.8) is 0 Å². The molecule has 0 fully saturated rings. The fourth-order valence-corrected chi connectivity index (χ4v) is 1.71. The first-order valence-corrected chi connectivity index (χ1v) is 7.02. The number of nitrogens with one attached hydrogen (secondary N) is 2. The summed E-state index contributed by atoms with van der Waals surface area (Å²) in [5.41, 5.74) is 0.699. The average Bonchev–Trinajstić information content (AvgIpc) is 2.36. The number of carbonyl (C=O) groups is 2. The van der Waals surface area contributed by atoms with E-state index in [1.807, 2.05) is 13.8 Å². The highest BCUT2D eigenvalue weighted by atomic mass is 79.9. The Morgan fingerprint density at radius 1 is 1.32 bits per heavy atom. The van der Waals surface area contributed by atoms with Crippen LogP contribution in [0.5, 0.6) is 5.75 Å². The van der Waals surface area contributed by atoms with Gasteiger partial charge in [0.25, 0.3) is 5.91 Å². The van der Waals surface area contributed by atoms with Crippen LogP contribution in [0.1, 0.15) is 24.2 Å². The smallest absolute Gasteiger partial charge is 0.255 e. The molecule has 0 heterocycles. The lowest BCUT2D eigenvalue weighted by molar-refractivity contribution is -0.120. The van der Waals surface area contributed by atoms with Crippen LogP contribution in [0.3, 0.4) is 0 Å². The number of alkyl halides is 1. The maximum absolute atomic E-state index is 11.9. The van der Waals surface area contributed by atoms with Gasteiger partial charge in [0.15, 0.2) is 0 Å². The van der Waals surface area contributed by atoms with Crippen molar-refractivity contribution < 1.29 is 14.3 Å². The summed E-state index contributed by atoms with van der Waals surface area (Å²) in [5.74, 6) is -0.0844. The SMILES string of the molecule is CC(C)NC(=O)CNC(=O)c1ccccc1OCBr. The van der Waals surface area contributed by atoms with E-state index >= 15 is 0 Å². The highest BCUT2D eigenvalue weighted by Gasteiger charge is 2.13. The molecule has 0 saturated carbocycles. The molecule has 0 aliphatic heterocycles. The number of hydrogen-bond acceptors (Lipinski definition) is 3. The summed E-state index contributed by atoms with van der Waals surface area (Å²) in [6.07, 6.45) is 0. The van der Waals surface area contributed by atoms with E-state index in [1.54, 1.807) is 24.3 Å². The third-order valence-corrected chi connectivity index (χ3v) is 2.43. The molecule has 0 aliphatic carbocycles. The van der Waals surface area contributed by atoms with E-state index in [2.05, 4.69) is 26.6 Å². The summed E-state index contributed by atoms with van der Waals surface area (Å²) >= 11 is 3.14. The molecule has 0 atom stereocenters. The van der Waals surface area contributed by atoms with Gasteiger partial charge in [-0.05, 0) is 41.9 Å². The molecular weight excluding hydrogens is 312 g/mol. The second-order valence-corrected chi connectivity index (χ2v) is 4.61. The number of hydrogen-bond donors (Lipinski definition) is 2. The minimum Gasteiger partial charge on any atom is -0.482 e. The summed E-state index contributed by atoms with van der Waals surface area (Å²) in [5, 5.41) is 5.25. The van der Waals surface area contributed by atoms with Crippen LogP contribution in [0.4, 0.5) is 0 Å². The molecule has 6 heteroatoms. The molecule has 0 spiro atoms. The fourth-order valence-electron chi connectivity index (χ4n) is 1.47. The fraction of sp³-hybridized carbons (Fsp3) is 0.385. The van der Waals surface area contributed by atoms with E-state index in [9.17, 15) is 9.59 Å². The third-order valence-electron chi connectivity index (χ3n) is 2.20. The number of para-hydroxylation sites is 1. The lowest BCUT2D eigenvalue weighted by atomic mass is 10.2. The number of amides is 2. The number of benzene rings is 1. The zero-order valence-corrected chi connectivity index (χ0v) is 12.5. The minimum absolute atomic E-state index is 0.0495. The predicted molar refractivity (Wildman–Crippen MR) is 76.5 cm³/mol. The van der Waals surface area contributed by atoms with Crippen LogP contribution in [-0.2, 0) is 4.79 Å². The molecule has 0 unspecified atom stereocenters. The standard InChI is InChI=1S/C13H17BrN2O3/c1-9(2)16-12(17)7-15-13(18)10-5-3-4-6-11(10)19-8-14/h3-6,9H,7-8H2,1-2H3,(H,15,18)(H,16,17). The van der Waals surface area contributed by atoms with Crippen molar-refractivity contribution in [2.75, 3.05) is 12.1 Å². The maximum atomic E-state index is 11.9. The van der Waals surface area contributed by atoms with Crippen LogP contribution >= 0.6 is 15.9 Å². The molecule has 0 aromatic heterocycles. The molecule has 0 radical (unpaired) electrons. The first kappa shape index (κ1) is 15.5. The molecule has 19 heavy (non-hydrogen) atoms. The van der Waals surface area contributed by atoms with E-state index in [1.165, 1.54) is 0 Å². The first-order valence-electron chi connectivity index (χ1n) is 5.90. The van der Waals surface area contributed by atoms with Crippen molar-refractivity contribution in [2.24, 2.45) is 0 Å². The van der Waals surface area contributed by atoms with Gasteiger partial charge in [-0.2, -0.15) is 0 Å². The minimum atomic E-state index is -0.338. The summed E-state index contributed by atoms with van der Waals surface area (Å²) in [6.45, 7) is 3.66. The highest BCUT2D eigenvalue weighted by molar-refractivity contribution is 9.09. The number of rotatable bonds is 6. The zero-order valence-electron chi connectivity index (χ0n) is 10.9. The summed E-state index contributed by atoms with van der Waals surface area (Å²) in [4.78, 5) is 23.4. The molecule has 2 amide bonds. The summed E-state index contributed by atoms with van der Waals surface area (Å²) in [6, 6.07) is 6.91. The van der Waals surface area contributed by atoms with Crippen LogP contribution in [0, 0.1) is 0 Å². The van der Waals surface area contributed by atoms with Crippen LogP contribution < -0.4 is 15.4 Å². The lowest BCUT2D eigenvalue weighted by Gasteiger charge is -2.11. The molecule has 1 aromatic carbocycles.